The molecular weight excluding hydrogens is 250 g/mol. The van der Waals surface area contributed by atoms with Crippen LogP contribution in [0.5, 0.6) is 0 Å². The number of carbonyl (C=O) groups excluding carboxylic acids is 1. The van der Waals surface area contributed by atoms with Gasteiger partial charge in [0.2, 0.25) is 0 Å². The summed E-state index contributed by atoms with van der Waals surface area (Å²) < 4.78 is 5.22. The smallest absolute Gasteiger partial charge is 0.410 e. The number of amides is 1. The molecule has 0 rings (SSSR count). The first-order chi connectivity index (χ1) is 8.21. The topological polar surface area (TPSA) is 29.5 Å². The van der Waals surface area contributed by atoms with Crippen molar-refractivity contribution in [2.75, 3.05) is 12.5 Å². The van der Waals surface area contributed by atoms with Gasteiger partial charge in [-0.3, -0.25) is 0 Å². The van der Waals surface area contributed by atoms with Gasteiger partial charge in [-0.1, -0.05) is 26.0 Å². The fraction of sp³-hybridized carbons (Fsp3) is 0.786. The number of hydrogen-bond donors (Lipinski definition) is 0. The first-order valence-corrected chi connectivity index (χ1v) is 6.93. The normalized spacial score (nSPS) is 12.5. The Labute approximate surface area is 116 Å². The minimum absolute atomic E-state index is 0.0657. The van der Waals surface area contributed by atoms with Crippen molar-refractivity contribution < 1.29 is 9.53 Å². The zero-order valence-corrected chi connectivity index (χ0v) is 13.1. The highest BCUT2D eigenvalue weighted by Crippen LogP contribution is 2.18. The number of hydrogen-bond acceptors (Lipinski definition) is 2. The average molecular weight is 276 g/mol. The summed E-state index contributed by atoms with van der Waals surface area (Å²) in [5.41, 5.74) is -0.0657. The number of alkyl halides is 1. The third-order valence-electron chi connectivity index (χ3n) is 2.54. The van der Waals surface area contributed by atoms with E-state index in [1.54, 1.807) is 4.90 Å². The lowest BCUT2D eigenvalue weighted by Crippen LogP contribution is -2.42. The monoisotopic (exact) mass is 275 g/mol. The molecule has 0 fully saturated rings. The predicted octanol–water partition coefficient (Wildman–Crippen LogP) is 4.06. The van der Waals surface area contributed by atoms with Crippen LogP contribution in [0.1, 0.15) is 41.5 Å². The van der Waals surface area contributed by atoms with Crippen molar-refractivity contribution in [3.63, 3.8) is 0 Å². The fourth-order valence-corrected chi connectivity index (χ4v) is 1.71. The Morgan fingerprint density at radius 2 is 1.78 bits per heavy atom. The van der Waals surface area contributed by atoms with E-state index in [2.05, 4.69) is 0 Å². The van der Waals surface area contributed by atoms with Crippen LogP contribution in [-0.2, 0) is 4.74 Å². The van der Waals surface area contributed by atoms with Crippen LogP contribution in [-0.4, -0.2) is 35.6 Å². The van der Waals surface area contributed by atoms with Gasteiger partial charge in [0.25, 0.3) is 0 Å². The lowest BCUT2D eigenvalue weighted by Gasteiger charge is -2.29. The highest BCUT2D eigenvalue weighted by atomic mass is 35.5. The quantitative estimate of drug-likeness (QED) is 0.540. The summed E-state index contributed by atoms with van der Waals surface area (Å²) in [7, 11) is 0. The van der Waals surface area contributed by atoms with E-state index < -0.39 is 0 Å². The van der Waals surface area contributed by atoms with Gasteiger partial charge in [-0.05, 0) is 33.1 Å². The molecule has 4 heteroatoms. The van der Waals surface area contributed by atoms with Crippen LogP contribution in [0.3, 0.4) is 0 Å². The molecule has 0 aliphatic carbocycles. The van der Waals surface area contributed by atoms with Gasteiger partial charge in [-0.25, -0.2) is 4.79 Å². The van der Waals surface area contributed by atoms with Crippen LogP contribution in [0.25, 0.3) is 0 Å². The summed E-state index contributed by atoms with van der Waals surface area (Å²) >= 11 is 5.80. The van der Waals surface area contributed by atoms with E-state index in [4.69, 9.17) is 16.3 Å². The zero-order valence-electron chi connectivity index (χ0n) is 12.4. The van der Waals surface area contributed by atoms with Crippen molar-refractivity contribution in [2.45, 2.75) is 53.6 Å². The molecule has 0 heterocycles. The van der Waals surface area contributed by atoms with E-state index in [0.717, 1.165) is 0 Å². The van der Waals surface area contributed by atoms with E-state index in [1.807, 2.05) is 53.7 Å². The number of halogens is 1. The lowest BCUT2D eigenvalue weighted by atomic mass is 9.96. The molecule has 106 valence electrons. The highest BCUT2D eigenvalue weighted by Gasteiger charge is 2.21. The van der Waals surface area contributed by atoms with Crippen molar-refractivity contribution in [3.05, 3.63) is 12.2 Å². The molecule has 0 aromatic heterocycles. The van der Waals surface area contributed by atoms with E-state index in [9.17, 15) is 4.79 Å². The van der Waals surface area contributed by atoms with Gasteiger partial charge in [0.15, 0.2) is 0 Å². The Morgan fingerprint density at radius 1 is 1.28 bits per heavy atom. The van der Waals surface area contributed by atoms with Gasteiger partial charge in [0.1, 0.15) is 6.61 Å². The van der Waals surface area contributed by atoms with Crippen LogP contribution in [0.15, 0.2) is 12.2 Å². The summed E-state index contributed by atoms with van der Waals surface area (Å²) in [4.78, 5) is 13.6. The summed E-state index contributed by atoms with van der Waals surface area (Å²) in [6, 6.07) is 0.279. The number of rotatable bonds is 6. The molecule has 0 saturated carbocycles. The number of carbonyl (C=O) groups is 1. The van der Waals surface area contributed by atoms with Gasteiger partial charge in [0.05, 0.1) is 0 Å². The maximum Gasteiger partial charge on any atom is 0.410 e. The molecule has 0 aromatic rings. The van der Waals surface area contributed by atoms with Crippen LogP contribution >= 0.6 is 11.6 Å². The average Bonchev–Trinajstić information content (AvgIpc) is 2.23. The molecule has 0 bridgehead atoms. The maximum atomic E-state index is 11.9. The summed E-state index contributed by atoms with van der Waals surface area (Å²) in [5.74, 6) is 0.543. The zero-order chi connectivity index (χ0) is 14.3. The lowest BCUT2D eigenvalue weighted by molar-refractivity contribution is 0.0874. The maximum absolute atomic E-state index is 11.9. The standard InChI is InChI=1S/C14H26ClNO2/c1-11(2)16(12(3)4)13(17)18-9-7-8-14(5,6)10-15/h7-8,11-12H,9-10H2,1-6H3/b8-7+. The molecule has 0 aliphatic rings. The minimum atomic E-state index is -0.270. The molecule has 0 N–H and O–H groups in total. The van der Waals surface area contributed by atoms with Gasteiger partial charge < -0.3 is 9.64 Å². The number of nitrogens with zero attached hydrogens (tertiary/aromatic N) is 1. The Bertz CT molecular complexity index is 278. The molecule has 3 nitrogen and oxygen atoms in total. The van der Waals surface area contributed by atoms with Crippen molar-refractivity contribution >= 4 is 17.7 Å². The second-order valence-electron chi connectivity index (χ2n) is 5.70. The molecule has 0 spiro atoms. The first kappa shape index (κ1) is 17.3. The SMILES string of the molecule is CC(C)N(C(=O)OC/C=C/C(C)(C)CCl)C(C)C. The molecule has 0 aliphatic heterocycles. The fourth-order valence-electron chi connectivity index (χ4n) is 1.62. The highest BCUT2D eigenvalue weighted by molar-refractivity contribution is 6.18. The van der Waals surface area contributed by atoms with Crippen molar-refractivity contribution in [1.29, 1.82) is 0 Å². The molecule has 0 radical (unpaired) electrons. The third-order valence-corrected chi connectivity index (χ3v) is 3.23. The van der Waals surface area contributed by atoms with Gasteiger partial charge >= 0.3 is 6.09 Å². The predicted molar refractivity (Wildman–Crippen MR) is 77.1 cm³/mol. The Kier molecular flexibility index (Phi) is 7.37. The van der Waals surface area contributed by atoms with Gasteiger partial charge in [0, 0.05) is 18.0 Å². The largest absolute Gasteiger partial charge is 0.445 e. The molecular formula is C14H26ClNO2. The van der Waals surface area contributed by atoms with Crippen molar-refractivity contribution in [1.82, 2.24) is 4.90 Å². The second-order valence-corrected chi connectivity index (χ2v) is 5.96. The Balaban J connectivity index is 4.26. The van der Waals surface area contributed by atoms with E-state index >= 15 is 0 Å². The first-order valence-electron chi connectivity index (χ1n) is 6.40. The summed E-state index contributed by atoms with van der Waals surface area (Å²) in [6.45, 7) is 12.3. The molecule has 18 heavy (non-hydrogen) atoms. The van der Waals surface area contributed by atoms with Crippen LogP contribution < -0.4 is 0 Å². The van der Waals surface area contributed by atoms with Gasteiger partial charge in [-0.2, -0.15) is 0 Å². The van der Waals surface area contributed by atoms with E-state index in [1.165, 1.54) is 0 Å². The van der Waals surface area contributed by atoms with Crippen molar-refractivity contribution in [2.24, 2.45) is 5.41 Å². The summed E-state index contributed by atoms with van der Waals surface area (Å²) in [6.07, 6.45) is 3.55. The van der Waals surface area contributed by atoms with Crippen LogP contribution in [0.4, 0.5) is 4.79 Å². The van der Waals surface area contributed by atoms with Crippen molar-refractivity contribution in [3.8, 4) is 0 Å². The van der Waals surface area contributed by atoms with E-state index in [0.29, 0.717) is 5.88 Å². The second kappa shape index (κ2) is 7.67. The molecule has 1 amide bonds. The minimum Gasteiger partial charge on any atom is -0.445 e. The van der Waals surface area contributed by atoms with Crippen LogP contribution in [0, 0.1) is 5.41 Å². The Morgan fingerprint density at radius 3 is 2.17 bits per heavy atom. The Hall–Kier alpha value is -0.700. The summed E-state index contributed by atoms with van der Waals surface area (Å²) in [5, 5.41) is 0. The number of allylic oxidation sites excluding steroid dienone is 1. The molecule has 0 unspecified atom stereocenters. The third kappa shape index (κ3) is 6.29. The molecule has 0 atom stereocenters. The number of ether oxygens (including phenoxy) is 1. The van der Waals surface area contributed by atoms with E-state index in [-0.39, 0.29) is 30.2 Å². The molecule has 0 aromatic carbocycles. The van der Waals surface area contributed by atoms with Crippen LogP contribution in [0.2, 0.25) is 0 Å². The van der Waals surface area contributed by atoms with Gasteiger partial charge in [-0.15, -0.1) is 11.6 Å². The molecule has 0 saturated heterocycles.